The van der Waals surface area contributed by atoms with E-state index in [9.17, 15) is 4.39 Å². The predicted octanol–water partition coefficient (Wildman–Crippen LogP) is 1.88. The molecule has 0 aliphatic heterocycles. The fourth-order valence-electron chi connectivity index (χ4n) is 1.99. The summed E-state index contributed by atoms with van der Waals surface area (Å²) in [7, 11) is 3.33. The van der Waals surface area contributed by atoms with Crippen molar-refractivity contribution >= 4 is 15.9 Å². The third kappa shape index (κ3) is 2.78. The van der Waals surface area contributed by atoms with Gasteiger partial charge in [-0.2, -0.15) is 5.10 Å². The molecule has 5 nitrogen and oxygen atoms in total. The van der Waals surface area contributed by atoms with Crippen LogP contribution < -0.4 is 16.0 Å². The standard InChI is InChI=1S/C12H14BrFN4O/c1-18-12(10(19-2)6-16-18)11(17-15)7-3-8(13)5-9(14)4-7/h3-6,11,17H,15H2,1-2H3. The van der Waals surface area contributed by atoms with Gasteiger partial charge in [-0.1, -0.05) is 15.9 Å². The molecular formula is C12H14BrFN4O. The van der Waals surface area contributed by atoms with Crippen LogP contribution in [-0.2, 0) is 7.05 Å². The maximum absolute atomic E-state index is 13.5. The van der Waals surface area contributed by atoms with Gasteiger partial charge in [0.15, 0.2) is 5.75 Å². The fraction of sp³-hybridized carbons (Fsp3) is 0.250. The highest BCUT2D eigenvalue weighted by Crippen LogP contribution is 2.30. The van der Waals surface area contributed by atoms with Gasteiger partial charge in [-0.3, -0.25) is 10.5 Å². The van der Waals surface area contributed by atoms with Crippen LogP contribution in [0.3, 0.4) is 0 Å². The molecule has 1 atom stereocenters. The molecule has 19 heavy (non-hydrogen) atoms. The molecule has 0 aliphatic rings. The van der Waals surface area contributed by atoms with Gasteiger partial charge in [-0.15, -0.1) is 0 Å². The lowest BCUT2D eigenvalue weighted by Gasteiger charge is -2.18. The Morgan fingerprint density at radius 3 is 2.79 bits per heavy atom. The maximum Gasteiger partial charge on any atom is 0.161 e. The lowest BCUT2D eigenvalue weighted by Crippen LogP contribution is -2.30. The number of hydrazine groups is 1. The summed E-state index contributed by atoms with van der Waals surface area (Å²) in [5.41, 5.74) is 4.06. The van der Waals surface area contributed by atoms with Crippen LogP contribution in [0.2, 0.25) is 0 Å². The molecule has 1 aromatic carbocycles. The number of rotatable bonds is 4. The van der Waals surface area contributed by atoms with Crippen LogP contribution in [0.4, 0.5) is 4.39 Å². The largest absolute Gasteiger partial charge is 0.493 e. The van der Waals surface area contributed by atoms with E-state index in [1.807, 2.05) is 0 Å². The number of hydrogen-bond donors (Lipinski definition) is 2. The third-order valence-electron chi connectivity index (χ3n) is 2.83. The summed E-state index contributed by atoms with van der Waals surface area (Å²) in [6.07, 6.45) is 1.59. The zero-order chi connectivity index (χ0) is 14.0. The summed E-state index contributed by atoms with van der Waals surface area (Å²) >= 11 is 3.27. The minimum absolute atomic E-state index is 0.342. The molecule has 0 fully saturated rings. The summed E-state index contributed by atoms with van der Waals surface area (Å²) in [6.45, 7) is 0. The molecule has 2 rings (SSSR count). The van der Waals surface area contributed by atoms with Gasteiger partial charge >= 0.3 is 0 Å². The average Bonchev–Trinajstić information content (AvgIpc) is 2.71. The van der Waals surface area contributed by atoms with Crippen LogP contribution in [0.25, 0.3) is 0 Å². The molecule has 0 amide bonds. The fourth-order valence-corrected chi connectivity index (χ4v) is 2.47. The molecule has 102 valence electrons. The Hall–Kier alpha value is -1.44. The first-order valence-corrected chi connectivity index (χ1v) is 6.34. The smallest absolute Gasteiger partial charge is 0.161 e. The minimum atomic E-state index is -0.422. The topological polar surface area (TPSA) is 65.1 Å². The lowest BCUT2D eigenvalue weighted by atomic mass is 10.0. The van der Waals surface area contributed by atoms with E-state index in [4.69, 9.17) is 10.6 Å². The number of ether oxygens (including phenoxy) is 1. The van der Waals surface area contributed by atoms with Gasteiger partial charge in [0, 0.05) is 11.5 Å². The van der Waals surface area contributed by atoms with E-state index in [0.29, 0.717) is 15.8 Å². The molecule has 1 aromatic heterocycles. The number of nitrogens with two attached hydrogens (primary N) is 1. The monoisotopic (exact) mass is 328 g/mol. The average molecular weight is 329 g/mol. The highest BCUT2D eigenvalue weighted by atomic mass is 79.9. The number of aromatic nitrogens is 2. The van der Waals surface area contributed by atoms with Crippen LogP contribution in [0.15, 0.2) is 28.9 Å². The number of aryl methyl sites for hydroxylation is 1. The van der Waals surface area contributed by atoms with E-state index in [0.717, 1.165) is 5.69 Å². The molecule has 0 saturated carbocycles. The lowest BCUT2D eigenvalue weighted by molar-refractivity contribution is 0.401. The zero-order valence-corrected chi connectivity index (χ0v) is 12.1. The second kappa shape index (κ2) is 5.68. The van der Waals surface area contributed by atoms with Crippen molar-refractivity contribution in [1.82, 2.24) is 15.2 Å². The number of benzene rings is 1. The van der Waals surface area contributed by atoms with E-state index in [1.165, 1.54) is 12.1 Å². The van der Waals surface area contributed by atoms with Crippen molar-refractivity contribution in [2.75, 3.05) is 7.11 Å². The van der Waals surface area contributed by atoms with Crippen LogP contribution in [0.5, 0.6) is 5.75 Å². The van der Waals surface area contributed by atoms with Crippen molar-refractivity contribution in [2.24, 2.45) is 12.9 Å². The summed E-state index contributed by atoms with van der Waals surface area (Å²) < 4.78 is 21.0. The highest BCUT2D eigenvalue weighted by Gasteiger charge is 2.22. The Morgan fingerprint density at radius 2 is 2.21 bits per heavy atom. The van der Waals surface area contributed by atoms with E-state index >= 15 is 0 Å². The SMILES string of the molecule is COc1cnn(C)c1C(NN)c1cc(F)cc(Br)c1. The number of methoxy groups -OCH3 is 1. The molecule has 1 unspecified atom stereocenters. The van der Waals surface area contributed by atoms with E-state index < -0.39 is 6.04 Å². The van der Waals surface area contributed by atoms with Crippen molar-refractivity contribution in [3.8, 4) is 5.75 Å². The van der Waals surface area contributed by atoms with Crippen molar-refractivity contribution in [2.45, 2.75) is 6.04 Å². The van der Waals surface area contributed by atoms with Crippen LogP contribution in [-0.4, -0.2) is 16.9 Å². The number of nitrogens with zero attached hydrogens (tertiary/aromatic N) is 2. The molecule has 7 heteroatoms. The van der Waals surface area contributed by atoms with Crippen LogP contribution in [0.1, 0.15) is 17.3 Å². The first-order chi connectivity index (χ1) is 9.06. The highest BCUT2D eigenvalue weighted by molar-refractivity contribution is 9.10. The number of nitrogens with one attached hydrogen (secondary N) is 1. The van der Waals surface area contributed by atoms with Gasteiger partial charge in [0.2, 0.25) is 0 Å². The Morgan fingerprint density at radius 1 is 1.47 bits per heavy atom. The molecular weight excluding hydrogens is 315 g/mol. The van der Waals surface area contributed by atoms with Gasteiger partial charge < -0.3 is 4.74 Å². The second-order valence-electron chi connectivity index (χ2n) is 4.02. The maximum atomic E-state index is 13.5. The second-order valence-corrected chi connectivity index (χ2v) is 4.94. The molecule has 0 spiro atoms. The van der Waals surface area contributed by atoms with Gasteiger partial charge in [0.05, 0.1) is 19.3 Å². The molecule has 0 saturated heterocycles. The van der Waals surface area contributed by atoms with Crippen molar-refractivity contribution in [1.29, 1.82) is 0 Å². The van der Waals surface area contributed by atoms with Gasteiger partial charge in [0.25, 0.3) is 0 Å². The Balaban J connectivity index is 2.52. The van der Waals surface area contributed by atoms with Crippen LogP contribution >= 0.6 is 15.9 Å². The summed E-state index contributed by atoms with van der Waals surface area (Å²) in [4.78, 5) is 0. The number of hydrogen-bond acceptors (Lipinski definition) is 4. The quantitative estimate of drug-likeness (QED) is 0.664. The first-order valence-electron chi connectivity index (χ1n) is 5.54. The van der Waals surface area contributed by atoms with Crippen molar-refractivity contribution in [3.05, 3.63) is 45.9 Å². The molecule has 1 heterocycles. The first kappa shape index (κ1) is 14.0. The third-order valence-corrected chi connectivity index (χ3v) is 3.29. The van der Waals surface area contributed by atoms with Crippen LogP contribution in [0, 0.1) is 5.82 Å². The summed E-state index contributed by atoms with van der Waals surface area (Å²) in [5.74, 6) is 5.85. The molecule has 0 bridgehead atoms. The zero-order valence-electron chi connectivity index (χ0n) is 10.5. The van der Waals surface area contributed by atoms with E-state index in [1.54, 1.807) is 31.1 Å². The molecule has 2 aromatic rings. The predicted molar refractivity (Wildman–Crippen MR) is 73.0 cm³/mol. The normalized spacial score (nSPS) is 12.5. The summed E-state index contributed by atoms with van der Waals surface area (Å²) in [6, 6.07) is 4.17. The van der Waals surface area contributed by atoms with Crippen molar-refractivity contribution in [3.63, 3.8) is 0 Å². The minimum Gasteiger partial charge on any atom is -0.493 e. The molecule has 3 N–H and O–H groups in total. The van der Waals surface area contributed by atoms with E-state index in [2.05, 4.69) is 26.5 Å². The Bertz CT molecular complexity index is 567. The molecule has 0 radical (unpaired) electrons. The van der Waals surface area contributed by atoms with Gasteiger partial charge in [0.1, 0.15) is 11.5 Å². The van der Waals surface area contributed by atoms with Gasteiger partial charge in [-0.05, 0) is 23.8 Å². The number of halogens is 2. The Labute approximate surface area is 118 Å². The Kier molecular flexibility index (Phi) is 4.18. The van der Waals surface area contributed by atoms with Gasteiger partial charge in [-0.25, -0.2) is 9.82 Å². The summed E-state index contributed by atoms with van der Waals surface area (Å²) in [5, 5.41) is 4.12. The molecule has 0 aliphatic carbocycles. The van der Waals surface area contributed by atoms with Crippen molar-refractivity contribution < 1.29 is 9.13 Å². The van der Waals surface area contributed by atoms with E-state index in [-0.39, 0.29) is 5.82 Å².